The molecule has 5 aliphatic carbocycles. The highest BCUT2D eigenvalue weighted by Crippen LogP contribution is 2.57. The molecule has 3 nitrogen and oxygen atoms in total. The van der Waals surface area contributed by atoms with Gasteiger partial charge in [0.2, 0.25) is 0 Å². The summed E-state index contributed by atoms with van der Waals surface area (Å²) in [7, 11) is 0. The number of carbonyl (C=O) groups is 1. The number of fused-ring (bicyclic) bond motifs is 2. The van der Waals surface area contributed by atoms with Crippen molar-refractivity contribution >= 4 is 17.6 Å². The smallest absolute Gasteiger partial charge is 0.317 e. The van der Waals surface area contributed by atoms with Crippen molar-refractivity contribution in [3.8, 4) is 0 Å². The van der Waals surface area contributed by atoms with E-state index in [4.69, 9.17) is 11.6 Å². The Labute approximate surface area is 185 Å². The van der Waals surface area contributed by atoms with Gasteiger partial charge in [-0.3, -0.25) is 0 Å². The molecule has 2 amide bonds. The molecule has 0 radical (unpaired) electrons. The summed E-state index contributed by atoms with van der Waals surface area (Å²) in [5.74, 6) is 3.38. The fraction of sp³-hybridized carbons (Fsp3) is 0.731. The molecular weight excluding hydrogens is 392 g/mol. The highest BCUT2D eigenvalue weighted by Gasteiger charge is 2.51. The topological polar surface area (TPSA) is 32.3 Å². The lowest BCUT2D eigenvalue weighted by Crippen LogP contribution is -2.59. The number of halogens is 1. The fourth-order valence-corrected chi connectivity index (χ4v) is 8.99. The summed E-state index contributed by atoms with van der Waals surface area (Å²) >= 11 is 6.72. The number of urea groups is 1. The van der Waals surface area contributed by atoms with E-state index in [9.17, 15) is 4.79 Å². The van der Waals surface area contributed by atoms with Crippen LogP contribution >= 0.6 is 11.6 Å². The first kappa shape index (κ1) is 19.5. The Morgan fingerprint density at radius 3 is 2.30 bits per heavy atom. The summed E-state index contributed by atoms with van der Waals surface area (Å²) in [5, 5.41) is 4.44. The minimum absolute atomic E-state index is 0.135. The summed E-state index contributed by atoms with van der Waals surface area (Å²) in [6.45, 7) is 6.39. The number of amides is 2. The van der Waals surface area contributed by atoms with Gasteiger partial charge in [-0.1, -0.05) is 37.6 Å². The number of carbonyl (C=O) groups excluding carboxylic acids is 1. The highest BCUT2D eigenvalue weighted by atomic mass is 35.5. The molecule has 1 spiro atoms. The molecular formula is C26H35ClN2O. The number of benzene rings is 1. The molecule has 4 bridgehead atoms. The van der Waals surface area contributed by atoms with Gasteiger partial charge in [-0.2, -0.15) is 0 Å². The van der Waals surface area contributed by atoms with Crippen molar-refractivity contribution in [2.45, 2.75) is 82.1 Å². The lowest BCUT2D eigenvalue weighted by molar-refractivity contribution is -0.0115. The summed E-state index contributed by atoms with van der Waals surface area (Å²) in [4.78, 5) is 15.3. The first-order valence-electron chi connectivity index (χ1n) is 12.2. The zero-order valence-corrected chi connectivity index (χ0v) is 19.2. The van der Waals surface area contributed by atoms with E-state index in [-0.39, 0.29) is 16.9 Å². The molecule has 30 heavy (non-hydrogen) atoms. The molecule has 5 fully saturated rings. The van der Waals surface area contributed by atoms with Gasteiger partial charge < -0.3 is 10.2 Å². The highest BCUT2D eigenvalue weighted by molar-refractivity contribution is 6.31. The molecule has 1 heterocycles. The lowest BCUT2D eigenvalue weighted by atomic mass is 9.54. The third-order valence-corrected chi connectivity index (χ3v) is 9.89. The SMILES string of the molecule is CC1(C)CC2(CCN(C(=O)NC3C4CC5CC(C4)CC3C5)CC2)c2c(Cl)cccc21. The van der Waals surface area contributed by atoms with Crippen LogP contribution in [-0.4, -0.2) is 30.1 Å². The van der Waals surface area contributed by atoms with Crippen LogP contribution in [0.4, 0.5) is 4.79 Å². The van der Waals surface area contributed by atoms with E-state index in [0.29, 0.717) is 6.04 Å². The Kier molecular flexibility index (Phi) is 4.31. The summed E-state index contributed by atoms with van der Waals surface area (Å²) in [6.07, 6.45) is 10.1. The van der Waals surface area contributed by atoms with Crippen molar-refractivity contribution in [3.63, 3.8) is 0 Å². The average Bonchev–Trinajstić information content (AvgIpc) is 2.92. The molecule has 7 rings (SSSR count). The zero-order chi connectivity index (χ0) is 20.7. The van der Waals surface area contributed by atoms with Crippen LogP contribution in [0.3, 0.4) is 0 Å². The Bertz CT molecular complexity index is 842. The van der Waals surface area contributed by atoms with Crippen molar-refractivity contribution in [2.75, 3.05) is 13.1 Å². The molecule has 4 saturated carbocycles. The monoisotopic (exact) mass is 426 g/mol. The van der Waals surface area contributed by atoms with Crippen LogP contribution in [0.5, 0.6) is 0 Å². The molecule has 1 saturated heterocycles. The van der Waals surface area contributed by atoms with Gasteiger partial charge in [0.1, 0.15) is 0 Å². The Morgan fingerprint density at radius 1 is 1.03 bits per heavy atom. The number of nitrogens with one attached hydrogen (secondary N) is 1. The largest absolute Gasteiger partial charge is 0.335 e. The molecule has 162 valence electrons. The van der Waals surface area contributed by atoms with Gasteiger partial charge in [0.05, 0.1) is 0 Å². The molecule has 0 unspecified atom stereocenters. The molecule has 1 aliphatic heterocycles. The number of piperidine rings is 1. The Morgan fingerprint density at radius 2 is 1.67 bits per heavy atom. The van der Waals surface area contributed by atoms with Gasteiger partial charge in [-0.25, -0.2) is 4.79 Å². The third-order valence-electron chi connectivity index (χ3n) is 9.58. The molecule has 6 aliphatic rings. The second-order valence-corrected chi connectivity index (χ2v) is 12.3. The number of hydrogen-bond donors (Lipinski definition) is 1. The number of likely N-dealkylation sites (tertiary alicyclic amines) is 1. The second-order valence-electron chi connectivity index (χ2n) is 11.9. The quantitative estimate of drug-likeness (QED) is 0.596. The van der Waals surface area contributed by atoms with E-state index in [0.717, 1.165) is 61.0 Å². The van der Waals surface area contributed by atoms with Gasteiger partial charge in [0, 0.05) is 29.6 Å². The van der Waals surface area contributed by atoms with Crippen LogP contribution in [0.2, 0.25) is 5.02 Å². The van der Waals surface area contributed by atoms with E-state index in [2.05, 4.69) is 42.3 Å². The average molecular weight is 427 g/mol. The van der Waals surface area contributed by atoms with Crippen LogP contribution in [0, 0.1) is 23.7 Å². The molecule has 4 heteroatoms. The zero-order valence-electron chi connectivity index (χ0n) is 18.4. The molecule has 1 N–H and O–H groups in total. The number of rotatable bonds is 1. The first-order valence-corrected chi connectivity index (χ1v) is 12.6. The normalized spacial score (nSPS) is 37.4. The molecule has 0 atom stereocenters. The third kappa shape index (κ3) is 2.87. The van der Waals surface area contributed by atoms with Crippen LogP contribution in [-0.2, 0) is 10.8 Å². The van der Waals surface area contributed by atoms with Crippen LogP contribution in [0.25, 0.3) is 0 Å². The number of nitrogens with zero attached hydrogens (tertiary/aromatic N) is 1. The van der Waals surface area contributed by atoms with Crippen molar-refractivity contribution in [3.05, 3.63) is 34.3 Å². The van der Waals surface area contributed by atoms with Gasteiger partial charge in [0.25, 0.3) is 0 Å². The van der Waals surface area contributed by atoms with Gasteiger partial charge in [0.15, 0.2) is 0 Å². The maximum atomic E-state index is 13.2. The molecule has 0 aromatic heterocycles. The first-order chi connectivity index (χ1) is 14.3. The van der Waals surface area contributed by atoms with E-state index >= 15 is 0 Å². The standard InChI is InChI=1S/C26H35ClN2O/c1-25(2)15-26(22-20(25)4-3-5-21(22)27)6-8-29(9-7-26)24(30)28-23-18-11-16-10-17(13-18)14-19(23)12-16/h3-5,16-19,23H,6-15H2,1-2H3,(H,28,30). The predicted molar refractivity (Wildman–Crippen MR) is 121 cm³/mol. The Hall–Kier alpha value is -1.22. The Balaban J connectivity index is 1.15. The minimum Gasteiger partial charge on any atom is -0.335 e. The number of hydrogen-bond acceptors (Lipinski definition) is 1. The second kappa shape index (κ2) is 6.64. The van der Waals surface area contributed by atoms with Crippen molar-refractivity contribution in [2.24, 2.45) is 23.7 Å². The molecule has 1 aromatic carbocycles. The van der Waals surface area contributed by atoms with Gasteiger partial charge >= 0.3 is 6.03 Å². The van der Waals surface area contributed by atoms with E-state index in [1.54, 1.807) is 0 Å². The lowest BCUT2D eigenvalue weighted by Gasteiger charge is -2.54. The minimum atomic E-state index is 0.135. The summed E-state index contributed by atoms with van der Waals surface area (Å²) in [5.41, 5.74) is 3.08. The van der Waals surface area contributed by atoms with E-state index in [1.165, 1.54) is 43.2 Å². The summed E-state index contributed by atoms with van der Waals surface area (Å²) < 4.78 is 0. The van der Waals surface area contributed by atoms with Gasteiger partial charge in [-0.15, -0.1) is 0 Å². The maximum Gasteiger partial charge on any atom is 0.317 e. The van der Waals surface area contributed by atoms with Crippen molar-refractivity contribution in [1.29, 1.82) is 0 Å². The molecule has 1 aromatic rings. The fourth-order valence-electron chi connectivity index (χ4n) is 8.62. The summed E-state index contributed by atoms with van der Waals surface area (Å²) in [6, 6.07) is 7.03. The van der Waals surface area contributed by atoms with E-state index < -0.39 is 0 Å². The van der Waals surface area contributed by atoms with Crippen LogP contribution < -0.4 is 5.32 Å². The van der Waals surface area contributed by atoms with Crippen LogP contribution in [0.1, 0.15) is 76.3 Å². The maximum absolute atomic E-state index is 13.2. The van der Waals surface area contributed by atoms with Crippen LogP contribution in [0.15, 0.2) is 18.2 Å². The van der Waals surface area contributed by atoms with Gasteiger partial charge in [-0.05, 0) is 97.6 Å². The predicted octanol–water partition coefficient (Wildman–Crippen LogP) is 5.89. The van der Waals surface area contributed by atoms with Crippen molar-refractivity contribution in [1.82, 2.24) is 10.2 Å². The van der Waals surface area contributed by atoms with E-state index in [1.807, 2.05) is 0 Å². The van der Waals surface area contributed by atoms with Crippen molar-refractivity contribution < 1.29 is 4.79 Å².